The molecule has 6 aromatic rings. The first-order valence-corrected chi connectivity index (χ1v) is 19.8. The number of aliphatic carboxylic acids is 2. The van der Waals surface area contributed by atoms with E-state index in [4.69, 9.17) is 19.8 Å². The zero-order valence-corrected chi connectivity index (χ0v) is 35.0. The van der Waals surface area contributed by atoms with Gasteiger partial charge in [-0.1, -0.05) is 179 Å². The molecule has 0 N–H and O–H groups in total. The van der Waals surface area contributed by atoms with Crippen molar-refractivity contribution in [3.8, 4) is 0 Å². The van der Waals surface area contributed by atoms with E-state index in [0.29, 0.717) is 0 Å². The number of benzene rings is 6. The Bertz CT molecular complexity index is 1600. The van der Waals surface area contributed by atoms with Crippen molar-refractivity contribution in [2.75, 3.05) is 0 Å². The maximum Gasteiger partial charge on any atom is 2.00 e. The molecule has 0 radical (unpaired) electrons. The van der Waals surface area contributed by atoms with Crippen LogP contribution in [0, 0.1) is 41.5 Å². The minimum absolute atomic E-state index is 0. The third kappa shape index (κ3) is 15.7. The Kier molecular flexibility index (Phi) is 19.3. The van der Waals surface area contributed by atoms with Crippen LogP contribution < -0.4 is 42.0 Å². The molecule has 53 heavy (non-hydrogen) atoms. The molecule has 6 aromatic carbocycles. The van der Waals surface area contributed by atoms with Crippen LogP contribution >= 0.6 is 15.8 Å². The minimum atomic E-state index is -1.08. The van der Waals surface area contributed by atoms with E-state index in [1.54, 1.807) is 0 Å². The van der Waals surface area contributed by atoms with Gasteiger partial charge in [-0.05, 0) is 103 Å². The van der Waals surface area contributed by atoms with Crippen LogP contribution in [0.3, 0.4) is 0 Å². The zero-order valence-electron chi connectivity index (χ0n) is 31.7. The van der Waals surface area contributed by atoms with Gasteiger partial charge < -0.3 is 19.8 Å². The maximum atomic E-state index is 8.89. The number of carbonyl (C=O) groups excluding carboxylic acids is 2. The summed E-state index contributed by atoms with van der Waals surface area (Å²) in [6.07, 6.45) is 0. The number of carboxylic acid groups (broad SMARTS) is 2. The van der Waals surface area contributed by atoms with Crippen LogP contribution in [0.5, 0.6) is 0 Å². The van der Waals surface area contributed by atoms with Crippen molar-refractivity contribution >= 4 is 59.6 Å². The molecule has 0 saturated heterocycles. The minimum Gasteiger partial charge on any atom is -0.550 e. The van der Waals surface area contributed by atoms with Crippen LogP contribution in [0.4, 0.5) is 0 Å². The molecule has 0 aliphatic carbocycles. The summed E-state index contributed by atoms with van der Waals surface area (Å²) in [5, 5.41) is 26.2. The van der Waals surface area contributed by atoms with Crippen LogP contribution in [-0.2, 0) is 30.0 Å². The summed E-state index contributed by atoms with van der Waals surface area (Å²) >= 11 is 0. The third-order valence-electron chi connectivity index (χ3n) is 7.75. The molecule has 0 spiro atoms. The summed E-state index contributed by atoms with van der Waals surface area (Å²) in [4.78, 5) is 17.8. The third-order valence-corrected chi connectivity index (χ3v) is 12.6. The van der Waals surface area contributed by atoms with Crippen molar-refractivity contribution in [3.63, 3.8) is 0 Å². The summed E-state index contributed by atoms with van der Waals surface area (Å²) in [5.74, 6) is -2.17. The van der Waals surface area contributed by atoms with Gasteiger partial charge in [-0.3, -0.25) is 0 Å². The van der Waals surface area contributed by atoms with E-state index in [1.165, 1.54) is 65.2 Å². The Hall–Kier alpha value is -4.22. The molecule has 0 amide bonds. The fourth-order valence-electron chi connectivity index (χ4n) is 5.06. The van der Waals surface area contributed by atoms with Crippen molar-refractivity contribution in [2.45, 2.75) is 55.4 Å². The zero-order chi connectivity index (χ0) is 38.2. The van der Waals surface area contributed by atoms with Crippen LogP contribution in [0.1, 0.15) is 47.2 Å². The van der Waals surface area contributed by atoms with Gasteiger partial charge in [0.25, 0.3) is 0 Å². The van der Waals surface area contributed by atoms with Gasteiger partial charge in [0.2, 0.25) is 0 Å². The number of carbonyl (C=O) groups is 2. The molecular weight excluding hydrogens is 785 g/mol. The second-order valence-electron chi connectivity index (χ2n) is 12.7. The largest absolute Gasteiger partial charge is 2.00 e. The quantitative estimate of drug-likeness (QED) is 0.147. The van der Waals surface area contributed by atoms with Crippen LogP contribution in [0.25, 0.3) is 0 Å². The van der Waals surface area contributed by atoms with Crippen molar-refractivity contribution < 1.29 is 40.2 Å². The summed E-state index contributed by atoms with van der Waals surface area (Å²) in [6, 6.07) is 53.9. The summed E-state index contributed by atoms with van der Waals surface area (Å²) < 4.78 is 0. The molecule has 0 saturated carbocycles. The standard InChI is InChI=1S/2C21H21P.2C2H4O2.Pd/c2*1-16-4-10-19(11-5-16)22(20-12-6-17(2)7-13-20)21-14-8-18(3)9-15-21;2*1-2(3)4;/h2*4-15H,1-3H3;2*1H3,(H,3,4);/q;;;;+2/p-2. The van der Waals surface area contributed by atoms with Gasteiger partial charge in [0, 0.05) is 11.9 Å². The Morgan fingerprint density at radius 1 is 0.321 bits per heavy atom. The fraction of sp³-hybridized carbons (Fsp3) is 0.174. The molecule has 4 nitrogen and oxygen atoms in total. The van der Waals surface area contributed by atoms with E-state index in [0.717, 1.165) is 13.8 Å². The van der Waals surface area contributed by atoms with E-state index in [1.807, 2.05) is 0 Å². The van der Waals surface area contributed by atoms with E-state index in [-0.39, 0.29) is 20.4 Å². The van der Waals surface area contributed by atoms with Crippen molar-refractivity contribution in [3.05, 3.63) is 179 Å². The van der Waals surface area contributed by atoms with Gasteiger partial charge in [0.1, 0.15) is 0 Å². The summed E-state index contributed by atoms with van der Waals surface area (Å²) in [6.45, 7) is 14.8. The monoisotopic (exact) mass is 832 g/mol. The Morgan fingerprint density at radius 3 is 0.509 bits per heavy atom. The predicted octanol–water partition coefficient (Wildman–Crippen LogP) is 6.25. The Morgan fingerprint density at radius 2 is 0.415 bits per heavy atom. The second kappa shape index (κ2) is 22.8. The Labute approximate surface area is 332 Å². The van der Waals surface area contributed by atoms with E-state index >= 15 is 0 Å². The number of rotatable bonds is 6. The average Bonchev–Trinajstić information content (AvgIpc) is 3.10. The summed E-state index contributed by atoms with van der Waals surface area (Å²) in [5.41, 5.74) is 7.87. The summed E-state index contributed by atoms with van der Waals surface area (Å²) in [7, 11) is -0.966. The molecule has 0 fully saturated rings. The SMILES string of the molecule is CC(=O)[O-].CC(=O)[O-].Cc1ccc(P(c2ccc(C)cc2)c2ccc(C)cc2)cc1.Cc1ccc(P(c2ccc(C)cc2)c2ccc(C)cc2)cc1.[Pd+2]. The maximum absolute atomic E-state index is 8.89. The normalized spacial score (nSPS) is 10.0. The van der Waals surface area contributed by atoms with E-state index in [2.05, 4.69) is 187 Å². The topological polar surface area (TPSA) is 80.3 Å². The molecule has 0 atom stereocenters. The van der Waals surface area contributed by atoms with E-state index in [9.17, 15) is 0 Å². The fourth-order valence-corrected chi connectivity index (χ4v) is 9.53. The molecular formula is C46H48O4P2Pd. The molecule has 0 bridgehead atoms. The van der Waals surface area contributed by atoms with Gasteiger partial charge in [-0.15, -0.1) is 0 Å². The molecule has 0 heterocycles. The first-order chi connectivity index (χ1) is 24.7. The predicted molar refractivity (Wildman–Crippen MR) is 220 cm³/mol. The smallest absolute Gasteiger partial charge is 0.550 e. The number of carboxylic acids is 2. The first kappa shape index (κ1) is 44.9. The van der Waals surface area contributed by atoms with Gasteiger partial charge in [0.05, 0.1) is 0 Å². The van der Waals surface area contributed by atoms with Gasteiger partial charge in [-0.2, -0.15) is 0 Å². The first-order valence-electron chi connectivity index (χ1n) is 17.1. The van der Waals surface area contributed by atoms with Gasteiger partial charge in [0.15, 0.2) is 0 Å². The van der Waals surface area contributed by atoms with Gasteiger partial charge >= 0.3 is 20.4 Å². The molecule has 0 unspecified atom stereocenters. The molecule has 0 aliphatic rings. The number of hydrogen-bond acceptors (Lipinski definition) is 4. The number of hydrogen-bond donors (Lipinski definition) is 0. The number of aryl methyl sites for hydroxylation is 6. The molecule has 0 aromatic heterocycles. The van der Waals surface area contributed by atoms with Gasteiger partial charge in [-0.25, -0.2) is 0 Å². The molecule has 276 valence electrons. The van der Waals surface area contributed by atoms with Crippen molar-refractivity contribution in [2.24, 2.45) is 0 Å². The van der Waals surface area contributed by atoms with Crippen molar-refractivity contribution in [1.29, 1.82) is 0 Å². The van der Waals surface area contributed by atoms with E-state index < -0.39 is 27.8 Å². The Balaban J connectivity index is 0.000000301. The molecule has 7 heteroatoms. The van der Waals surface area contributed by atoms with Crippen LogP contribution in [0.2, 0.25) is 0 Å². The second-order valence-corrected chi connectivity index (χ2v) is 17.1. The molecule has 0 aliphatic heterocycles. The van der Waals surface area contributed by atoms with Crippen LogP contribution in [-0.4, -0.2) is 11.9 Å². The average molecular weight is 833 g/mol. The van der Waals surface area contributed by atoms with Crippen LogP contribution in [0.15, 0.2) is 146 Å². The molecule has 6 rings (SSSR count). The van der Waals surface area contributed by atoms with Crippen molar-refractivity contribution in [1.82, 2.24) is 0 Å².